The minimum absolute atomic E-state index is 0.546. The van der Waals surface area contributed by atoms with Gasteiger partial charge in [0.05, 0.1) is 0 Å². The van der Waals surface area contributed by atoms with Gasteiger partial charge >= 0.3 is 0 Å². The zero-order valence-electron chi connectivity index (χ0n) is 18.9. The van der Waals surface area contributed by atoms with Crippen molar-refractivity contribution in [3.05, 3.63) is 41.1 Å². The molecule has 0 saturated heterocycles. The number of hydrogen-bond donors (Lipinski definition) is 1. The van der Waals surface area contributed by atoms with E-state index in [9.17, 15) is 0 Å². The number of nitrogens with one attached hydrogen (secondary N) is 1. The van der Waals surface area contributed by atoms with E-state index in [1.165, 1.54) is 31.2 Å². The van der Waals surface area contributed by atoms with Gasteiger partial charge in [-0.05, 0) is 73.4 Å². The Hall–Kier alpha value is -1.24. The molecule has 0 spiro atoms. The van der Waals surface area contributed by atoms with Gasteiger partial charge in [0.15, 0.2) is 0 Å². The van der Waals surface area contributed by atoms with E-state index in [-0.39, 0.29) is 0 Å². The fourth-order valence-electron chi connectivity index (χ4n) is 3.56. The Balaban J connectivity index is 0.00000146. The maximum Gasteiger partial charge on any atom is 0.0224 e. The third kappa shape index (κ3) is 7.98. The molecule has 2 rings (SSSR count). The Bertz CT molecular complexity index is 481. The molecule has 1 aromatic rings. The summed E-state index contributed by atoms with van der Waals surface area (Å²) in [5, 5.41) is 3.46. The van der Waals surface area contributed by atoms with Crippen LogP contribution in [0.3, 0.4) is 0 Å². The molecule has 1 aliphatic rings. The topological polar surface area (TPSA) is 12.0 Å². The van der Waals surface area contributed by atoms with Crippen LogP contribution in [0.4, 0.5) is 0 Å². The van der Waals surface area contributed by atoms with Crippen molar-refractivity contribution < 1.29 is 0 Å². The lowest BCUT2D eigenvalue weighted by Crippen LogP contribution is -2.18. The van der Waals surface area contributed by atoms with Gasteiger partial charge in [0.1, 0.15) is 0 Å². The molecule has 0 aliphatic heterocycles. The Morgan fingerprint density at radius 1 is 1.04 bits per heavy atom. The summed E-state index contributed by atoms with van der Waals surface area (Å²) in [5.74, 6) is 1.70. The highest BCUT2D eigenvalue weighted by Crippen LogP contribution is 2.38. The molecule has 0 heterocycles. The van der Waals surface area contributed by atoms with Crippen molar-refractivity contribution in [2.24, 2.45) is 5.92 Å². The van der Waals surface area contributed by atoms with Gasteiger partial charge in [-0.2, -0.15) is 0 Å². The van der Waals surface area contributed by atoms with Gasteiger partial charge in [-0.1, -0.05) is 79.5 Å². The van der Waals surface area contributed by atoms with Gasteiger partial charge in [0.25, 0.3) is 0 Å². The summed E-state index contributed by atoms with van der Waals surface area (Å²) in [4.78, 5) is 0. The largest absolute Gasteiger partial charge is 0.388 e. The van der Waals surface area contributed by atoms with Gasteiger partial charge in [-0.25, -0.2) is 0 Å². The minimum atomic E-state index is 0.546. The van der Waals surface area contributed by atoms with E-state index in [4.69, 9.17) is 0 Å². The Morgan fingerprint density at radius 2 is 1.65 bits per heavy atom. The molecule has 0 aromatic heterocycles. The normalized spacial score (nSPS) is 20.5. The first-order valence-corrected chi connectivity index (χ1v) is 11.2. The molecule has 1 nitrogen and oxygen atoms in total. The van der Waals surface area contributed by atoms with E-state index in [2.05, 4.69) is 63.5 Å². The summed E-state index contributed by atoms with van der Waals surface area (Å²) in [6.45, 7) is 17.1. The molecular formula is C25H45N. The number of benzene rings is 1. The second kappa shape index (κ2) is 14.9. The van der Waals surface area contributed by atoms with Gasteiger partial charge < -0.3 is 5.32 Å². The van der Waals surface area contributed by atoms with Crippen LogP contribution in [0, 0.1) is 5.92 Å². The second-order valence-electron chi connectivity index (χ2n) is 7.03. The molecule has 0 radical (unpaired) electrons. The molecule has 26 heavy (non-hydrogen) atoms. The van der Waals surface area contributed by atoms with E-state index in [1.807, 2.05) is 27.7 Å². The molecule has 1 saturated carbocycles. The minimum Gasteiger partial charge on any atom is -0.388 e. The monoisotopic (exact) mass is 359 g/mol. The van der Waals surface area contributed by atoms with Crippen LogP contribution in [0.2, 0.25) is 0 Å². The maximum absolute atomic E-state index is 3.46. The first-order valence-electron chi connectivity index (χ1n) is 11.2. The van der Waals surface area contributed by atoms with E-state index in [0.29, 0.717) is 6.04 Å². The van der Waals surface area contributed by atoms with Gasteiger partial charge in [0.2, 0.25) is 0 Å². The quantitative estimate of drug-likeness (QED) is 0.543. The van der Waals surface area contributed by atoms with E-state index in [1.54, 1.807) is 11.1 Å². The Labute approximate surface area is 164 Å². The summed E-state index contributed by atoms with van der Waals surface area (Å²) >= 11 is 0. The standard InChI is InChI=1S/C21H33N.2C2H6/c1-5-17(4)22-15-14-18-8-7-9-21(20(18)6-2)19-12-10-16(3)11-13-19;2*1-2/h7-9,14-17,19,22H,5-6,10-13H2,1-4H3;2*1-2H3/b15-14+;;. The maximum atomic E-state index is 3.46. The third-order valence-electron chi connectivity index (χ3n) is 5.31. The SMILES string of the molecule is CC.CC.CCc1c(/C=C/NC(C)CC)cccc1C1CCC(C)CC1. The van der Waals surface area contributed by atoms with E-state index in [0.717, 1.165) is 24.7 Å². The molecule has 1 atom stereocenters. The molecule has 1 aromatic carbocycles. The van der Waals surface area contributed by atoms with Crippen molar-refractivity contribution in [2.45, 2.75) is 106 Å². The predicted octanol–water partition coefficient (Wildman–Crippen LogP) is 7.95. The summed E-state index contributed by atoms with van der Waals surface area (Å²) in [6.07, 6.45) is 12.2. The summed E-state index contributed by atoms with van der Waals surface area (Å²) in [5.41, 5.74) is 4.57. The van der Waals surface area contributed by atoms with Crippen LogP contribution in [0.1, 0.15) is 110 Å². The molecule has 1 unspecified atom stereocenters. The van der Waals surface area contributed by atoms with Crippen molar-refractivity contribution in [1.29, 1.82) is 0 Å². The van der Waals surface area contributed by atoms with Crippen LogP contribution in [0.5, 0.6) is 0 Å². The molecule has 1 heteroatoms. The highest BCUT2D eigenvalue weighted by atomic mass is 14.9. The highest BCUT2D eigenvalue weighted by molar-refractivity contribution is 5.56. The average molecular weight is 360 g/mol. The highest BCUT2D eigenvalue weighted by Gasteiger charge is 2.21. The van der Waals surface area contributed by atoms with Crippen molar-refractivity contribution in [3.63, 3.8) is 0 Å². The van der Waals surface area contributed by atoms with Crippen LogP contribution in [-0.2, 0) is 6.42 Å². The van der Waals surface area contributed by atoms with Crippen LogP contribution >= 0.6 is 0 Å². The molecule has 0 amide bonds. The van der Waals surface area contributed by atoms with Crippen LogP contribution in [0.25, 0.3) is 6.08 Å². The molecule has 1 aliphatic carbocycles. The first-order chi connectivity index (χ1) is 12.7. The summed E-state index contributed by atoms with van der Waals surface area (Å²) < 4.78 is 0. The summed E-state index contributed by atoms with van der Waals surface area (Å²) in [7, 11) is 0. The number of hydrogen-bond acceptors (Lipinski definition) is 1. The van der Waals surface area contributed by atoms with Crippen molar-refractivity contribution >= 4 is 6.08 Å². The van der Waals surface area contributed by atoms with Gasteiger partial charge in [0, 0.05) is 6.04 Å². The number of rotatable bonds is 6. The summed E-state index contributed by atoms with van der Waals surface area (Å²) in [6, 6.07) is 7.43. The second-order valence-corrected chi connectivity index (χ2v) is 7.03. The fraction of sp³-hybridized carbons (Fsp3) is 0.680. The van der Waals surface area contributed by atoms with Crippen molar-refractivity contribution in [1.82, 2.24) is 5.32 Å². The average Bonchev–Trinajstić information content (AvgIpc) is 2.71. The lowest BCUT2D eigenvalue weighted by Gasteiger charge is -2.28. The first kappa shape index (κ1) is 24.8. The predicted molar refractivity (Wildman–Crippen MR) is 121 cm³/mol. The Kier molecular flexibility index (Phi) is 14.2. The van der Waals surface area contributed by atoms with Crippen molar-refractivity contribution in [2.75, 3.05) is 0 Å². The molecule has 0 bridgehead atoms. The zero-order chi connectivity index (χ0) is 19.9. The van der Waals surface area contributed by atoms with E-state index >= 15 is 0 Å². The molecular weight excluding hydrogens is 314 g/mol. The van der Waals surface area contributed by atoms with Crippen LogP contribution in [-0.4, -0.2) is 6.04 Å². The zero-order valence-corrected chi connectivity index (χ0v) is 18.9. The smallest absolute Gasteiger partial charge is 0.0224 e. The van der Waals surface area contributed by atoms with Gasteiger partial charge in [-0.3, -0.25) is 0 Å². The van der Waals surface area contributed by atoms with Crippen LogP contribution < -0.4 is 5.32 Å². The molecule has 1 N–H and O–H groups in total. The molecule has 150 valence electrons. The van der Waals surface area contributed by atoms with Crippen LogP contribution in [0.15, 0.2) is 24.4 Å². The van der Waals surface area contributed by atoms with Crippen molar-refractivity contribution in [3.8, 4) is 0 Å². The third-order valence-corrected chi connectivity index (χ3v) is 5.31. The van der Waals surface area contributed by atoms with Gasteiger partial charge in [-0.15, -0.1) is 0 Å². The Morgan fingerprint density at radius 3 is 2.19 bits per heavy atom. The fourth-order valence-corrected chi connectivity index (χ4v) is 3.56. The molecule has 1 fully saturated rings. The lowest BCUT2D eigenvalue weighted by atomic mass is 9.77. The van der Waals surface area contributed by atoms with E-state index < -0.39 is 0 Å². The lowest BCUT2D eigenvalue weighted by molar-refractivity contribution is 0.347.